The second-order valence-electron chi connectivity index (χ2n) is 10.5. The quantitative estimate of drug-likeness (QED) is 0.550. The third kappa shape index (κ3) is 8.06. The molecule has 1 N–H and O–H groups in total. The van der Waals surface area contributed by atoms with Crippen LogP contribution < -0.4 is 9.64 Å². The summed E-state index contributed by atoms with van der Waals surface area (Å²) in [5, 5.41) is 9.42. The number of amides is 2. The zero-order chi connectivity index (χ0) is 28.0. The molecule has 2 aromatic rings. The smallest absolute Gasteiger partial charge is 0.410 e. The number of aliphatic carboxylic acids is 1. The van der Waals surface area contributed by atoms with Crippen LogP contribution >= 0.6 is 0 Å². The molecule has 1 aliphatic heterocycles. The summed E-state index contributed by atoms with van der Waals surface area (Å²) in [6, 6.07) is 7.21. The minimum atomic E-state index is -1.11. The fraction of sp³-hybridized carbons (Fsp3) is 0.519. The van der Waals surface area contributed by atoms with Gasteiger partial charge in [-0.25, -0.2) is 14.8 Å². The Balaban J connectivity index is 1.68. The van der Waals surface area contributed by atoms with Gasteiger partial charge in [0, 0.05) is 38.9 Å². The molecular formula is C27H37N5O6. The molecule has 0 unspecified atom stereocenters. The van der Waals surface area contributed by atoms with Gasteiger partial charge in [0.15, 0.2) is 0 Å². The van der Waals surface area contributed by atoms with Crippen LogP contribution in [-0.4, -0.2) is 87.3 Å². The van der Waals surface area contributed by atoms with Gasteiger partial charge in [-0.1, -0.05) is 12.1 Å². The minimum absolute atomic E-state index is 0.0331. The van der Waals surface area contributed by atoms with E-state index in [9.17, 15) is 19.5 Å². The predicted octanol–water partition coefficient (Wildman–Crippen LogP) is 3.36. The first kappa shape index (κ1) is 28.7. The summed E-state index contributed by atoms with van der Waals surface area (Å²) in [6.07, 6.45) is 1.12. The number of rotatable bonds is 8. The van der Waals surface area contributed by atoms with Crippen molar-refractivity contribution in [1.82, 2.24) is 19.8 Å². The van der Waals surface area contributed by atoms with Gasteiger partial charge in [0.2, 0.25) is 5.95 Å². The summed E-state index contributed by atoms with van der Waals surface area (Å²) >= 11 is 0. The van der Waals surface area contributed by atoms with Crippen LogP contribution in [0, 0.1) is 6.92 Å². The second kappa shape index (κ2) is 12.1. The lowest BCUT2D eigenvalue weighted by molar-refractivity contribution is -0.137. The van der Waals surface area contributed by atoms with Crippen molar-refractivity contribution in [1.29, 1.82) is 0 Å². The van der Waals surface area contributed by atoms with Crippen molar-refractivity contribution in [3.63, 3.8) is 0 Å². The number of hydrogen-bond acceptors (Lipinski definition) is 8. The van der Waals surface area contributed by atoms with E-state index in [-0.39, 0.29) is 24.3 Å². The van der Waals surface area contributed by atoms with Crippen LogP contribution in [0.4, 0.5) is 10.7 Å². The van der Waals surface area contributed by atoms with E-state index in [0.717, 1.165) is 5.56 Å². The molecule has 0 aliphatic carbocycles. The molecule has 11 heteroatoms. The lowest BCUT2D eigenvalue weighted by atomic mass is 10.1. The van der Waals surface area contributed by atoms with E-state index in [4.69, 9.17) is 9.47 Å². The zero-order valence-electron chi connectivity index (χ0n) is 22.9. The molecule has 0 spiro atoms. The Labute approximate surface area is 223 Å². The van der Waals surface area contributed by atoms with E-state index in [0.29, 0.717) is 43.6 Å². The van der Waals surface area contributed by atoms with Crippen LogP contribution in [-0.2, 0) is 16.1 Å². The largest absolute Gasteiger partial charge is 0.491 e. The molecule has 2 heterocycles. The molecule has 206 valence electrons. The maximum absolute atomic E-state index is 13.3. The molecule has 1 aromatic carbocycles. The van der Waals surface area contributed by atoms with Crippen LogP contribution in [0.25, 0.3) is 0 Å². The molecule has 3 rings (SSSR count). The van der Waals surface area contributed by atoms with Gasteiger partial charge in [0.25, 0.3) is 5.91 Å². The highest BCUT2D eigenvalue weighted by atomic mass is 16.6. The summed E-state index contributed by atoms with van der Waals surface area (Å²) < 4.78 is 11.1. The van der Waals surface area contributed by atoms with Crippen molar-refractivity contribution in [2.75, 3.05) is 37.6 Å². The molecular weight excluding hydrogens is 490 g/mol. The van der Waals surface area contributed by atoms with E-state index in [1.54, 1.807) is 24.0 Å². The van der Waals surface area contributed by atoms with Crippen LogP contribution in [0.1, 0.15) is 56.2 Å². The molecule has 0 saturated carbocycles. The van der Waals surface area contributed by atoms with E-state index in [2.05, 4.69) is 9.97 Å². The normalized spacial score (nSPS) is 13.9. The van der Waals surface area contributed by atoms with Crippen LogP contribution in [0.2, 0.25) is 0 Å². The Morgan fingerprint density at radius 2 is 1.71 bits per heavy atom. The van der Waals surface area contributed by atoms with Gasteiger partial charge in [0.1, 0.15) is 17.9 Å². The molecule has 1 aromatic heterocycles. The number of anilines is 1. The monoisotopic (exact) mass is 527 g/mol. The van der Waals surface area contributed by atoms with Gasteiger partial charge in [-0.2, -0.15) is 0 Å². The van der Waals surface area contributed by atoms with Gasteiger partial charge in [0.05, 0.1) is 17.4 Å². The molecule has 0 radical (unpaired) electrons. The summed E-state index contributed by atoms with van der Waals surface area (Å²) in [5.41, 5.74) is 0.901. The third-order valence-electron chi connectivity index (χ3n) is 5.69. The number of carbonyl (C=O) groups is 3. The van der Waals surface area contributed by atoms with Crippen LogP contribution in [0.3, 0.4) is 0 Å². The number of ether oxygens (including phenoxy) is 2. The maximum Gasteiger partial charge on any atom is 0.410 e. The number of aromatic nitrogens is 2. The van der Waals surface area contributed by atoms with E-state index in [1.165, 1.54) is 11.1 Å². The van der Waals surface area contributed by atoms with Gasteiger partial charge in [-0.3, -0.25) is 9.59 Å². The standard InChI is InChI=1S/C27H37N5O6/c1-18(2)37-21-9-7-20(8-10-21)16-32(17-23(33)34)24(35)22-15-28-25(29-19(22)3)30-11-13-31(14-12-30)26(36)38-27(4,5)6/h7-10,15,18H,11-14,16-17H2,1-6H3,(H,33,34). The zero-order valence-corrected chi connectivity index (χ0v) is 22.9. The van der Waals surface area contributed by atoms with E-state index < -0.39 is 24.0 Å². The highest BCUT2D eigenvalue weighted by Gasteiger charge is 2.28. The maximum atomic E-state index is 13.3. The predicted molar refractivity (Wildman–Crippen MR) is 141 cm³/mol. The van der Waals surface area contributed by atoms with Gasteiger partial charge in [-0.15, -0.1) is 0 Å². The number of carboxylic acid groups (broad SMARTS) is 1. The van der Waals surface area contributed by atoms with Gasteiger partial charge >= 0.3 is 12.1 Å². The molecule has 1 saturated heterocycles. The van der Waals surface area contributed by atoms with Crippen LogP contribution in [0.15, 0.2) is 30.5 Å². The Bertz CT molecular complexity index is 1140. The molecule has 11 nitrogen and oxygen atoms in total. The minimum Gasteiger partial charge on any atom is -0.491 e. The first-order valence-corrected chi connectivity index (χ1v) is 12.7. The summed E-state index contributed by atoms with van der Waals surface area (Å²) in [7, 11) is 0. The first-order valence-electron chi connectivity index (χ1n) is 12.7. The molecule has 0 atom stereocenters. The molecule has 2 amide bonds. The average molecular weight is 528 g/mol. The lowest BCUT2D eigenvalue weighted by Crippen LogP contribution is -2.50. The van der Waals surface area contributed by atoms with E-state index >= 15 is 0 Å². The van der Waals surface area contributed by atoms with Crippen molar-refractivity contribution in [2.45, 2.75) is 59.8 Å². The SMILES string of the molecule is Cc1nc(N2CCN(C(=O)OC(C)(C)C)CC2)ncc1C(=O)N(CC(=O)O)Cc1ccc(OC(C)C)cc1. The lowest BCUT2D eigenvalue weighted by Gasteiger charge is -2.35. The molecule has 38 heavy (non-hydrogen) atoms. The van der Waals surface area contributed by atoms with Crippen molar-refractivity contribution in [2.24, 2.45) is 0 Å². The number of nitrogens with zero attached hydrogens (tertiary/aromatic N) is 5. The fourth-order valence-electron chi connectivity index (χ4n) is 3.93. The summed E-state index contributed by atoms with van der Waals surface area (Å²) in [4.78, 5) is 50.9. The number of carboxylic acids is 1. The Kier molecular flexibility index (Phi) is 9.13. The van der Waals surface area contributed by atoms with E-state index in [1.807, 2.05) is 51.7 Å². The summed E-state index contributed by atoms with van der Waals surface area (Å²) in [6.45, 7) is 12.7. The third-order valence-corrected chi connectivity index (χ3v) is 5.69. The molecule has 1 fully saturated rings. The van der Waals surface area contributed by atoms with Crippen LogP contribution in [0.5, 0.6) is 5.75 Å². The highest BCUT2D eigenvalue weighted by Crippen LogP contribution is 2.19. The number of carbonyl (C=O) groups excluding carboxylic acids is 2. The summed E-state index contributed by atoms with van der Waals surface area (Å²) in [5.74, 6) is -0.426. The van der Waals surface area contributed by atoms with Gasteiger partial charge in [-0.05, 0) is 59.2 Å². The van der Waals surface area contributed by atoms with Crippen molar-refractivity contribution >= 4 is 23.9 Å². The van der Waals surface area contributed by atoms with Crippen molar-refractivity contribution in [3.8, 4) is 5.75 Å². The van der Waals surface area contributed by atoms with Crippen molar-refractivity contribution in [3.05, 3.63) is 47.3 Å². The number of aryl methyl sites for hydroxylation is 1. The second-order valence-corrected chi connectivity index (χ2v) is 10.5. The number of benzene rings is 1. The number of piperazine rings is 1. The number of hydrogen-bond donors (Lipinski definition) is 1. The Morgan fingerprint density at radius 1 is 1.08 bits per heavy atom. The van der Waals surface area contributed by atoms with Crippen molar-refractivity contribution < 1.29 is 29.0 Å². The first-order chi connectivity index (χ1) is 17.8. The highest BCUT2D eigenvalue weighted by molar-refractivity contribution is 5.96. The fourth-order valence-corrected chi connectivity index (χ4v) is 3.93. The topological polar surface area (TPSA) is 125 Å². The van der Waals surface area contributed by atoms with Gasteiger partial charge < -0.3 is 29.3 Å². The Morgan fingerprint density at radius 3 is 2.24 bits per heavy atom. The Hall–Kier alpha value is -3.89. The average Bonchev–Trinajstić information content (AvgIpc) is 2.83. The molecule has 1 aliphatic rings. The molecule has 0 bridgehead atoms.